The Morgan fingerprint density at radius 2 is 1.64 bits per heavy atom. The molecule has 2 rings (SSSR count). The van der Waals surface area contributed by atoms with Gasteiger partial charge >= 0.3 is 5.97 Å². The molecular weight excluding hydrogens is 314 g/mol. The average Bonchev–Trinajstić information content (AvgIpc) is 2.63. The molecule has 0 amide bonds. The first-order valence-corrected chi connectivity index (χ1v) is 8.81. The number of benzene rings is 2. The summed E-state index contributed by atoms with van der Waals surface area (Å²) in [5.74, 6) is 0.649. The number of esters is 1. The zero-order valence-electron chi connectivity index (χ0n) is 15.5. The third-order valence-corrected chi connectivity index (χ3v) is 4.05. The van der Waals surface area contributed by atoms with Crippen molar-refractivity contribution in [3.63, 3.8) is 0 Å². The van der Waals surface area contributed by atoms with Gasteiger partial charge in [-0.15, -0.1) is 0 Å². The van der Waals surface area contributed by atoms with Crippen molar-refractivity contribution >= 4 is 11.7 Å². The van der Waals surface area contributed by atoms with Crippen molar-refractivity contribution in [1.29, 1.82) is 0 Å². The van der Waals surface area contributed by atoms with Crippen LogP contribution in [0.3, 0.4) is 0 Å². The maximum absolute atomic E-state index is 12.5. The second kappa shape index (κ2) is 9.11. The fraction of sp³-hybridized carbons (Fsp3) is 0.381. The van der Waals surface area contributed by atoms with Gasteiger partial charge in [0.05, 0.1) is 12.7 Å². The maximum Gasteiger partial charge on any atom is 0.343 e. The number of aryl methyl sites for hydroxylation is 1. The molecule has 0 atom stereocenters. The molecule has 0 bridgehead atoms. The summed E-state index contributed by atoms with van der Waals surface area (Å²) in [5.41, 5.74) is 2.53. The highest BCUT2D eigenvalue weighted by Crippen LogP contribution is 2.31. The summed E-state index contributed by atoms with van der Waals surface area (Å²) in [6, 6.07) is 13.2. The standard InChI is InChI=1S/C21H27NO3/c1-5-14-22(15-6-2)18-12-10-17(11-13-18)21(23)25-20-16(3)8-7-9-19(20)24-4/h7-13H,5-6,14-15H2,1-4H3. The second-order valence-corrected chi connectivity index (χ2v) is 6.03. The summed E-state index contributed by atoms with van der Waals surface area (Å²) in [4.78, 5) is 14.8. The molecule has 25 heavy (non-hydrogen) atoms. The van der Waals surface area contributed by atoms with Crippen LogP contribution in [0.4, 0.5) is 5.69 Å². The van der Waals surface area contributed by atoms with Gasteiger partial charge in [-0.3, -0.25) is 0 Å². The molecule has 0 unspecified atom stereocenters. The van der Waals surface area contributed by atoms with Crippen LogP contribution < -0.4 is 14.4 Å². The molecule has 0 saturated carbocycles. The molecule has 0 aromatic heterocycles. The molecule has 0 aliphatic carbocycles. The molecule has 0 radical (unpaired) electrons. The highest BCUT2D eigenvalue weighted by molar-refractivity contribution is 5.92. The minimum atomic E-state index is -0.378. The van der Waals surface area contributed by atoms with E-state index in [0.29, 0.717) is 17.1 Å². The third-order valence-electron chi connectivity index (χ3n) is 4.05. The predicted molar refractivity (Wildman–Crippen MR) is 102 cm³/mol. The largest absolute Gasteiger partial charge is 0.493 e. The Labute approximate surface area is 150 Å². The average molecular weight is 341 g/mol. The van der Waals surface area contributed by atoms with E-state index in [-0.39, 0.29) is 5.97 Å². The van der Waals surface area contributed by atoms with Crippen LogP contribution in [0.5, 0.6) is 11.5 Å². The van der Waals surface area contributed by atoms with Gasteiger partial charge in [-0.1, -0.05) is 26.0 Å². The SMILES string of the molecule is CCCN(CCC)c1ccc(C(=O)Oc2c(C)cccc2OC)cc1. The Balaban J connectivity index is 2.15. The molecule has 0 aliphatic rings. The van der Waals surface area contributed by atoms with E-state index in [2.05, 4.69) is 18.7 Å². The second-order valence-electron chi connectivity index (χ2n) is 6.03. The number of hydrogen-bond acceptors (Lipinski definition) is 4. The van der Waals surface area contributed by atoms with Crippen molar-refractivity contribution in [3.8, 4) is 11.5 Å². The van der Waals surface area contributed by atoms with E-state index in [4.69, 9.17) is 9.47 Å². The molecule has 134 valence electrons. The number of rotatable bonds is 8. The fourth-order valence-corrected chi connectivity index (χ4v) is 2.79. The van der Waals surface area contributed by atoms with Crippen LogP contribution in [0.2, 0.25) is 0 Å². The molecule has 2 aromatic rings. The first kappa shape index (κ1) is 18.8. The van der Waals surface area contributed by atoms with Crippen LogP contribution in [-0.2, 0) is 0 Å². The number of methoxy groups -OCH3 is 1. The molecule has 0 spiro atoms. The lowest BCUT2D eigenvalue weighted by Crippen LogP contribution is -2.24. The van der Waals surface area contributed by atoms with Gasteiger partial charge in [-0.05, 0) is 55.7 Å². The van der Waals surface area contributed by atoms with Gasteiger partial charge in [0.25, 0.3) is 0 Å². The number of anilines is 1. The van der Waals surface area contributed by atoms with Crippen LogP contribution in [0.15, 0.2) is 42.5 Å². The van der Waals surface area contributed by atoms with Crippen molar-refractivity contribution in [2.45, 2.75) is 33.6 Å². The van der Waals surface area contributed by atoms with Crippen molar-refractivity contribution in [2.24, 2.45) is 0 Å². The summed E-state index contributed by atoms with van der Waals surface area (Å²) < 4.78 is 10.9. The van der Waals surface area contributed by atoms with Gasteiger partial charge in [-0.2, -0.15) is 0 Å². The minimum absolute atomic E-state index is 0.378. The Bertz CT molecular complexity index is 689. The van der Waals surface area contributed by atoms with Crippen LogP contribution in [0.1, 0.15) is 42.6 Å². The summed E-state index contributed by atoms with van der Waals surface area (Å²) in [7, 11) is 1.57. The van der Waals surface area contributed by atoms with E-state index in [0.717, 1.165) is 37.2 Å². The van der Waals surface area contributed by atoms with Gasteiger partial charge < -0.3 is 14.4 Å². The molecule has 0 fully saturated rings. The first-order valence-electron chi connectivity index (χ1n) is 8.81. The van der Waals surface area contributed by atoms with Crippen molar-refractivity contribution in [3.05, 3.63) is 53.6 Å². The van der Waals surface area contributed by atoms with E-state index in [1.165, 1.54) is 0 Å². The lowest BCUT2D eigenvalue weighted by Gasteiger charge is -2.23. The van der Waals surface area contributed by atoms with E-state index in [9.17, 15) is 4.79 Å². The Morgan fingerprint density at radius 3 is 2.20 bits per heavy atom. The Hall–Kier alpha value is -2.49. The molecule has 0 saturated heterocycles. The zero-order valence-corrected chi connectivity index (χ0v) is 15.5. The van der Waals surface area contributed by atoms with E-state index in [1.54, 1.807) is 13.2 Å². The fourth-order valence-electron chi connectivity index (χ4n) is 2.79. The summed E-state index contributed by atoms with van der Waals surface area (Å²) in [6.07, 6.45) is 2.19. The van der Waals surface area contributed by atoms with Crippen molar-refractivity contribution in [2.75, 3.05) is 25.1 Å². The maximum atomic E-state index is 12.5. The lowest BCUT2D eigenvalue weighted by atomic mass is 10.1. The monoisotopic (exact) mass is 341 g/mol. The third kappa shape index (κ3) is 4.75. The summed E-state index contributed by atoms with van der Waals surface area (Å²) in [6.45, 7) is 8.26. The smallest absolute Gasteiger partial charge is 0.343 e. The van der Waals surface area contributed by atoms with E-state index < -0.39 is 0 Å². The number of carbonyl (C=O) groups is 1. The number of nitrogens with zero attached hydrogens (tertiary/aromatic N) is 1. The Morgan fingerprint density at radius 1 is 1.00 bits per heavy atom. The van der Waals surface area contributed by atoms with Gasteiger partial charge in [0.2, 0.25) is 0 Å². The molecule has 0 N–H and O–H groups in total. The van der Waals surface area contributed by atoms with Gasteiger partial charge in [0, 0.05) is 18.8 Å². The zero-order chi connectivity index (χ0) is 18.2. The highest BCUT2D eigenvalue weighted by Gasteiger charge is 2.15. The summed E-state index contributed by atoms with van der Waals surface area (Å²) >= 11 is 0. The number of ether oxygens (including phenoxy) is 2. The van der Waals surface area contributed by atoms with Crippen molar-refractivity contribution in [1.82, 2.24) is 0 Å². The molecular formula is C21H27NO3. The highest BCUT2D eigenvalue weighted by atomic mass is 16.6. The van der Waals surface area contributed by atoms with Gasteiger partial charge in [0.15, 0.2) is 11.5 Å². The van der Waals surface area contributed by atoms with Gasteiger partial charge in [0.1, 0.15) is 0 Å². The molecule has 4 heteroatoms. The lowest BCUT2D eigenvalue weighted by molar-refractivity contribution is 0.0728. The van der Waals surface area contributed by atoms with Crippen molar-refractivity contribution < 1.29 is 14.3 Å². The number of carbonyl (C=O) groups excluding carboxylic acids is 1. The van der Waals surface area contributed by atoms with Crippen LogP contribution in [0, 0.1) is 6.92 Å². The molecule has 4 nitrogen and oxygen atoms in total. The number of para-hydroxylation sites is 1. The normalized spacial score (nSPS) is 10.4. The van der Waals surface area contributed by atoms with Crippen LogP contribution >= 0.6 is 0 Å². The van der Waals surface area contributed by atoms with Crippen LogP contribution in [0.25, 0.3) is 0 Å². The van der Waals surface area contributed by atoms with E-state index in [1.807, 2.05) is 43.3 Å². The van der Waals surface area contributed by atoms with Crippen LogP contribution in [-0.4, -0.2) is 26.2 Å². The van der Waals surface area contributed by atoms with Gasteiger partial charge in [-0.25, -0.2) is 4.79 Å². The minimum Gasteiger partial charge on any atom is -0.493 e. The van der Waals surface area contributed by atoms with E-state index >= 15 is 0 Å². The quantitative estimate of drug-likeness (QED) is 0.508. The topological polar surface area (TPSA) is 38.8 Å². The Kier molecular flexibility index (Phi) is 6.87. The predicted octanol–water partition coefficient (Wildman–Crippen LogP) is 4.85. The molecule has 0 aliphatic heterocycles. The number of hydrogen-bond donors (Lipinski definition) is 0. The molecule has 2 aromatic carbocycles. The molecule has 0 heterocycles. The summed E-state index contributed by atoms with van der Waals surface area (Å²) in [5, 5.41) is 0. The first-order chi connectivity index (χ1) is 12.1.